The summed E-state index contributed by atoms with van der Waals surface area (Å²) in [6.07, 6.45) is 1.75. The van der Waals surface area contributed by atoms with Gasteiger partial charge in [0.2, 0.25) is 5.13 Å². The molecule has 5 nitrogen and oxygen atoms in total. The second-order valence-electron chi connectivity index (χ2n) is 4.79. The van der Waals surface area contributed by atoms with Crippen molar-refractivity contribution in [2.45, 2.75) is 6.92 Å². The lowest BCUT2D eigenvalue weighted by atomic mass is 10.2. The molecule has 0 radical (unpaired) electrons. The molecule has 0 atom stereocenters. The number of aromatic nitrogens is 2. The van der Waals surface area contributed by atoms with Gasteiger partial charge >= 0.3 is 0 Å². The molecule has 3 aromatic rings. The third kappa shape index (κ3) is 3.73. The molecule has 2 aromatic heterocycles. The molecule has 0 aliphatic carbocycles. The van der Waals surface area contributed by atoms with Crippen molar-refractivity contribution in [2.24, 2.45) is 5.10 Å². The first-order chi connectivity index (χ1) is 11.3. The van der Waals surface area contributed by atoms with Crippen LogP contribution in [0.3, 0.4) is 0 Å². The van der Waals surface area contributed by atoms with Crippen molar-refractivity contribution in [1.29, 1.82) is 0 Å². The lowest BCUT2D eigenvalue weighted by molar-refractivity contribution is 0.415. The SMILES string of the molecule is COc1ccc(-c2csc(N/N=C(\C)c3ccccn3)n2)cc1. The highest BCUT2D eigenvalue weighted by Gasteiger charge is 2.05. The van der Waals surface area contributed by atoms with Crippen molar-refractivity contribution in [3.8, 4) is 17.0 Å². The Morgan fingerprint density at radius 1 is 1.17 bits per heavy atom. The number of nitrogens with zero attached hydrogens (tertiary/aromatic N) is 3. The Labute approximate surface area is 138 Å². The van der Waals surface area contributed by atoms with Crippen LogP contribution in [0.2, 0.25) is 0 Å². The number of nitrogens with one attached hydrogen (secondary N) is 1. The minimum absolute atomic E-state index is 0.742. The first kappa shape index (κ1) is 15.2. The van der Waals surface area contributed by atoms with Crippen LogP contribution in [-0.2, 0) is 0 Å². The van der Waals surface area contributed by atoms with E-state index in [9.17, 15) is 0 Å². The fourth-order valence-corrected chi connectivity index (χ4v) is 2.65. The van der Waals surface area contributed by atoms with E-state index >= 15 is 0 Å². The predicted octanol–water partition coefficient (Wildman–Crippen LogP) is 4.05. The van der Waals surface area contributed by atoms with Gasteiger partial charge in [-0.25, -0.2) is 4.98 Å². The Hall–Kier alpha value is -2.73. The van der Waals surface area contributed by atoms with Crippen molar-refractivity contribution in [3.63, 3.8) is 0 Å². The van der Waals surface area contributed by atoms with Gasteiger partial charge in [0.05, 0.1) is 24.2 Å². The number of hydrazone groups is 1. The van der Waals surface area contributed by atoms with Crippen molar-refractivity contribution in [2.75, 3.05) is 12.5 Å². The summed E-state index contributed by atoms with van der Waals surface area (Å²) in [6, 6.07) is 13.6. The van der Waals surface area contributed by atoms with Crippen molar-refractivity contribution in [1.82, 2.24) is 9.97 Å². The molecule has 2 heterocycles. The molecule has 0 spiro atoms. The number of ether oxygens (including phenoxy) is 1. The number of hydrogen-bond donors (Lipinski definition) is 1. The Kier molecular flexibility index (Phi) is 4.63. The molecule has 6 heteroatoms. The quantitative estimate of drug-likeness (QED) is 0.568. The summed E-state index contributed by atoms with van der Waals surface area (Å²) in [4.78, 5) is 8.80. The van der Waals surface area contributed by atoms with Gasteiger partial charge in [0.25, 0.3) is 0 Å². The zero-order valence-corrected chi connectivity index (χ0v) is 13.7. The number of thiazole rings is 1. The van der Waals surface area contributed by atoms with Crippen LogP contribution >= 0.6 is 11.3 Å². The van der Waals surface area contributed by atoms with Gasteiger partial charge in [0.15, 0.2) is 0 Å². The average Bonchev–Trinajstić information content (AvgIpc) is 3.09. The zero-order valence-electron chi connectivity index (χ0n) is 12.9. The normalized spacial score (nSPS) is 11.3. The van der Waals surface area contributed by atoms with Gasteiger partial charge in [0, 0.05) is 17.1 Å². The highest BCUT2D eigenvalue weighted by Crippen LogP contribution is 2.26. The molecular formula is C17H16N4OS. The number of benzene rings is 1. The van der Waals surface area contributed by atoms with Gasteiger partial charge in [-0.3, -0.25) is 10.4 Å². The molecular weight excluding hydrogens is 308 g/mol. The summed E-state index contributed by atoms with van der Waals surface area (Å²) < 4.78 is 5.16. The van der Waals surface area contributed by atoms with Crippen LogP contribution < -0.4 is 10.2 Å². The van der Waals surface area contributed by atoms with Crippen LogP contribution in [0.25, 0.3) is 11.3 Å². The third-order valence-electron chi connectivity index (χ3n) is 3.24. The molecule has 116 valence electrons. The van der Waals surface area contributed by atoms with E-state index in [0.717, 1.165) is 33.5 Å². The van der Waals surface area contributed by atoms with E-state index < -0.39 is 0 Å². The number of hydrogen-bond acceptors (Lipinski definition) is 6. The summed E-state index contributed by atoms with van der Waals surface area (Å²) in [5.74, 6) is 0.831. The Bertz CT molecular complexity index is 797. The fraction of sp³-hybridized carbons (Fsp3) is 0.118. The second kappa shape index (κ2) is 7.02. The van der Waals surface area contributed by atoms with Gasteiger partial charge < -0.3 is 4.74 Å². The number of pyridine rings is 1. The highest BCUT2D eigenvalue weighted by molar-refractivity contribution is 7.14. The summed E-state index contributed by atoms with van der Waals surface area (Å²) in [5, 5.41) is 7.07. The molecule has 1 N–H and O–H groups in total. The summed E-state index contributed by atoms with van der Waals surface area (Å²) in [6.45, 7) is 1.91. The van der Waals surface area contributed by atoms with E-state index in [4.69, 9.17) is 4.74 Å². The fourth-order valence-electron chi connectivity index (χ4n) is 1.99. The second-order valence-corrected chi connectivity index (χ2v) is 5.65. The van der Waals surface area contributed by atoms with E-state index in [0.29, 0.717) is 0 Å². The van der Waals surface area contributed by atoms with Crippen LogP contribution in [-0.4, -0.2) is 22.8 Å². The number of rotatable bonds is 5. The molecule has 0 saturated heterocycles. The molecule has 0 unspecified atom stereocenters. The topological polar surface area (TPSA) is 59.4 Å². The van der Waals surface area contributed by atoms with Gasteiger partial charge in [-0.15, -0.1) is 11.3 Å². The molecule has 0 fully saturated rings. The standard InChI is InChI=1S/C17H16N4OS/c1-12(15-5-3-4-10-18-15)20-21-17-19-16(11-23-17)13-6-8-14(22-2)9-7-13/h3-11H,1-2H3,(H,19,21)/b20-12+. The maximum absolute atomic E-state index is 5.16. The maximum atomic E-state index is 5.16. The first-order valence-electron chi connectivity index (χ1n) is 7.08. The van der Waals surface area contributed by atoms with E-state index in [2.05, 4.69) is 20.5 Å². The summed E-state index contributed by atoms with van der Waals surface area (Å²) >= 11 is 1.51. The largest absolute Gasteiger partial charge is 0.497 e. The first-order valence-corrected chi connectivity index (χ1v) is 7.96. The number of methoxy groups -OCH3 is 1. The highest BCUT2D eigenvalue weighted by atomic mass is 32.1. The van der Waals surface area contributed by atoms with Crippen molar-refractivity contribution >= 4 is 22.2 Å². The molecule has 0 bridgehead atoms. The smallest absolute Gasteiger partial charge is 0.203 e. The van der Waals surface area contributed by atoms with E-state index in [1.54, 1.807) is 13.3 Å². The van der Waals surface area contributed by atoms with Crippen LogP contribution in [0.5, 0.6) is 5.75 Å². The molecule has 0 saturated carbocycles. The minimum atomic E-state index is 0.742. The summed E-state index contributed by atoms with van der Waals surface area (Å²) in [7, 11) is 1.65. The Morgan fingerprint density at radius 3 is 2.70 bits per heavy atom. The van der Waals surface area contributed by atoms with Gasteiger partial charge in [0.1, 0.15) is 5.75 Å². The Balaban J connectivity index is 1.72. The maximum Gasteiger partial charge on any atom is 0.203 e. The lowest BCUT2D eigenvalue weighted by Gasteiger charge is -2.01. The van der Waals surface area contributed by atoms with Crippen LogP contribution in [0, 0.1) is 0 Å². The van der Waals surface area contributed by atoms with E-state index in [1.807, 2.05) is 54.8 Å². The molecule has 0 aliphatic rings. The van der Waals surface area contributed by atoms with Crippen molar-refractivity contribution in [3.05, 3.63) is 59.7 Å². The average molecular weight is 324 g/mol. The van der Waals surface area contributed by atoms with E-state index in [-0.39, 0.29) is 0 Å². The van der Waals surface area contributed by atoms with E-state index in [1.165, 1.54) is 11.3 Å². The van der Waals surface area contributed by atoms with Gasteiger partial charge in [-0.1, -0.05) is 6.07 Å². The molecule has 1 aromatic carbocycles. The van der Waals surface area contributed by atoms with Gasteiger partial charge in [-0.2, -0.15) is 5.10 Å². The van der Waals surface area contributed by atoms with Crippen LogP contribution in [0.15, 0.2) is 59.1 Å². The molecule has 3 rings (SSSR count). The monoisotopic (exact) mass is 324 g/mol. The van der Waals surface area contributed by atoms with Crippen LogP contribution in [0.4, 0.5) is 5.13 Å². The Morgan fingerprint density at radius 2 is 2.00 bits per heavy atom. The molecule has 0 amide bonds. The molecule has 0 aliphatic heterocycles. The van der Waals surface area contributed by atoms with Crippen LogP contribution in [0.1, 0.15) is 12.6 Å². The van der Waals surface area contributed by atoms with Gasteiger partial charge in [-0.05, 0) is 43.3 Å². The third-order valence-corrected chi connectivity index (χ3v) is 3.99. The lowest BCUT2D eigenvalue weighted by Crippen LogP contribution is -2.01. The zero-order chi connectivity index (χ0) is 16.1. The molecule has 23 heavy (non-hydrogen) atoms. The van der Waals surface area contributed by atoms with Crippen molar-refractivity contribution < 1.29 is 4.74 Å². The number of anilines is 1. The summed E-state index contributed by atoms with van der Waals surface area (Å²) in [5.41, 5.74) is 6.59. The predicted molar refractivity (Wildman–Crippen MR) is 94.2 cm³/mol. The minimum Gasteiger partial charge on any atom is -0.497 e.